The summed E-state index contributed by atoms with van der Waals surface area (Å²) < 4.78 is 18.2. The molecule has 3 aromatic rings. The Morgan fingerprint density at radius 2 is 1.96 bits per heavy atom. The van der Waals surface area contributed by atoms with Crippen LogP contribution >= 0.6 is 22.9 Å². The predicted molar refractivity (Wildman–Crippen MR) is 103 cm³/mol. The maximum absolute atomic E-state index is 13.2. The molecule has 138 valence electrons. The molecule has 0 aliphatic heterocycles. The molecule has 0 spiro atoms. The quantitative estimate of drug-likeness (QED) is 0.605. The molecule has 1 aromatic heterocycles. The van der Waals surface area contributed by atoms with Gasteiger partial charge in [-0.2, -0.15) is 0 Å². The maximum Gasteiger partial charge on any atom is 0.350 e. The first-order valence-electron chi connectivity index (χ1n) is 7.99. The third kappa shape index (κ3) is 4.32. The van der Waals surface area contributed by atoms with Gasteiger partial charge in [-0.1, -0.05) is 53.3 Å². The Morgan fingerprint density at radius 1 is 1.22 bits per heavy atom. The van der Waals surface area contributed by atoms with Crippen molar-refractivity contribution in [3.8, 4) is 11.3 Å². The van der Waals surface area contributed by atoms with Crippen LogP contribution in [0.25, 0.3) is 11.3 Å². The topological polar surface area (TPSA) is 68.3 Å². The molecule has 0 bridgehead atoms. The molecule has 0 aliphatic rings. The molecule has 3 rings (SSSR count). The molecule has 0 unspecified atom stereocenters. The Balaban J connectivity index is 1.94. The van der Waals surface area contributed by atoms with Crippen LogP contribution in [0.1, 0.15) is 27.0 Å². The highest BCUT2D eigenvalue weighted by Crippen LogP contribution is 2.32. The van der Waals surface area contributed by atoms with E-state index in [9.17, 15) is 14.0 Å². The van der Waals surface area contributed by atoms with Crippen LogP contribution in [0, 0.1) is 5.82 Å². The zero-order valence-corrected chi connectivity index (χ0v) is 15.7. The van der Waals surface area contributed by atoms with Crippen molar-refractivity contribution in [1.82, 2.24) is 4.98 Å². The third-order valence-electron chi connectivity index (χ3n) is 3.53. The number of rotatable bonds is 5. The summed E-state index contributed by atoms with van der Waals surface area (Å²) in [7, 11) is 0. The highest BCUT2D eigenvalue weighted by Gasteiger charge is 2.22. The number of ether oxygens (including phenoxy) is 1. The van der Waals surface area contributed by atoms with Crippen LogP contribution < -0.4 is 5.32 Å². The van der Waals surface area contributed by atoms with Gasteiger partial charge in [0.1, 0.15) is 10.7 Å². The number of carbonyl (C=O) groups excluding carboxylic acids is 2. The van der Waals surface area contributed by atoms with Gasteiger partial charge in [0.2, 0.25) is 0 Å². The van der Waals surface area contributed by atoms with Gasteiger partial charge in [-0.25, -0.2) is 14.2 Å². The maximum atomic E-state index is 13.2. The number of nitrogens with zero attached hydrogens (tertiary/aromatic N) is 1. The molecule has 27 heavy (non-hydrogen) atoms. The number of anilines is 1. The minimum Gasteiger partial charge on any atom is -0.462 e. The van der Waals surface area contributed by atoms with Gasteiger partial charge in [0.25, 0.3) is 5.91 Å². The van der Waals surface area contributed by atoms with E-state index in [1.54, 1.807) is 19.1 Å². The van der Waals surface area contributed by atoms with E-state index in [1.807, 2.05) is 18.2 Å². The normalized spacial score (nSPS) is 10.5. The van der Waals surface area contributed by atoms with Gasteiger partial charge >= 0.3 is 5.97 Å². The lowest BCUT2D eigenvalue weighted by atomic mass is 10.1. The number of halogens is 2. The van der Waals surface area contributed by atoms with E-state index in [0.717, 1.165) is 29.0 Å². The van der Waals surface area contributed by atoms with Gasteiger partial charge in [-0.3, -0.25) is 10.1 Å². The molecule has 0 atom stereocenters. The molecule has 0 radical (unpaired) electrons. The standard InChI is InChI=1S/C19H14ClFN2O3S/c1-2-26-18(25)16-15(11-6-4-3-5-7-11)22-19(27-16)23-17(24)13-9-8-12(21)10-14(13)20/h3-10H,2H2,1H3,(H,22,23,24). The predicted octanol–water partition coefficient (Wildman–Crippen LogP) is 5.03. The van der Waals surface area contributed by atoms with Crippen molar-refractivity contribution < 1.29 is 18.7 Å². The SMILES string of the molecule is CCOC(=O)c1sc(NC(=O)c2ccc(F)cc2Cl)nc1-c1ccccc1. The zero-order valence-electron chi connectivity index (χ0n) is 14.2. The van der Waals surface area contributed by atoms with Crippen LogP contribution in [0.15, 0.2) is 48.5 Å². The van der Waals surface area contributed by atoms with Crippen molar-refractivity contribution in [3.63, 3.8) is 0 Å². The van der Waals surface area contributed by atoms with Gasteiger partial charge in [-0.05, 0) is 25.1 Å². The monoisotopic (exact) mass is 404 g/mol. The summed E-state index contributed by atoms with van der Waals surface area (Å²) in [4.78, 5) is 29.3. The van der Waals surface area contributed by atoms with Crippen LogP contribution in [0.2, 0.25) is 5.02 Å². The van der Waals surface area contributed by atoms with Crippen molar-refractivity contribution in [1.29, 1.82) is 0 Å². The van der Waals surface area contributed by atoms with E-state index < -0.39 is 17.7 Å². The van der Waals surface area contributed by atoms with Gasteiger partial charge in [0, 0.05) is 5.56 Å². The number of amides is 1. The summed E-state index contributed by atoms with van der Waals surface area (Å²) in [5.74, 6) is -1.61. The van der Waals surface area contributed by atoms with E-state index in [4.69, 9.17) is 16.3 Å². The second-order valence-corrected chi connectivity index (χ2v) is 6.77. The van der Waals surface area contributed by atoms with Crippen molar-refractivity contribution in [3.05, 3.63) is 69.8 Å². The molecule has 1 heterocycles. The number of nitrogens with one attached hydrogen (secondary N) is 1. The summed E-state index contributed by atoms with van der Waals surface area (Å²) in [6, 6.07) is 12.6. The summed E-state index contributed by atoms with van der Waals surface area (Å²) in [6.07, 6.45) is 0. The van der Waals surface area contributed by atoms with E-state index in [1.165, 1.54) is 6.07 Å². The number of carbonyl (C=O) groups is 2. The molecule has 0 aliphatic carbocycles. The number of esters is 1. The number of benzene rings is 2. The lowest BCUT2D eigenvalue weighted by Crippen LogP contribution is -2.12. The Labute approximate surface area is 163 Å². The largest absolute Gasteiger partial charge is 0.462 e. The van der Waals surface area contributed by atoms with Crippen LogP contribution in [-0.2, 0) is 4.74 Å². The van der Waals surface area contributed by atoms with Crippen molar-refractivity contribution in [2.24, 2.45) is 0 Å². The second kappa shape index (κ2) is 8.28. The summed E-state index contributed by atoms with van der Waals surface area (Å²) >= 11 is 6.92. The minimum absolute atomic E-state index is 0.0158. The average Bonchev–Trinajstić information content (AvgIpc) is 3.06. The minimum atomic E-state index is -0.552. The van der Waals surface area contributed by atoms with Crippen LogP contribution in [0.5, 0.6) is 0 Å². The highest BCUT2D eigenvalue weighted by atomic mass is 35.5. The molecule has 2 aromatic carbocycles. The number of hydrogen-bond donors (Lipinski definition) is 1. The number of thiazole rings is 1. The first-order chi connectivity index (χ1) is 13.0. The molecule has 1 N–H and O–H groups in total. The molecule has 1 amide bonds. The summed E-state index contributed by atoms with van der Waals surface area (Å²) in [5.41, 5.74) is 1.24. The molecular weight excluding hydrogens is 391 g/mol. The van der Waals surface area contributed by atoms with Crippen molar-refractivity contribution in [2.45, 2.75) is 6.92 Å². The van der Waals surface area contributed by atoms with E-state index >= 15 is 0 Å². The lowest BCUT2D eigenvalue weighted by molar-refractivity contribution is 0.0532. The van der Waals surface area contributed by atoms with E-state index in [2.05, 4.69) is 10.3 Å². The Hall–Kier alpha value is -2.77. The van der Waals surface area contributed by atoms with Crippen LogP contribution in [-0.4, -0.2) is 23.5 Å². The average molecular weight is 405 g/mol. The fourth-order valence-electron chi connectivity index (χ4n) is 2.34. The molecule has 0 saturated carbocycles. The fraction of sp³-hybridized carbons (Fsp3) is 0.105. The lowest BCUT2D eigenvalue weighted by Gasteiger charge is -2.03. The van der Waals surface area contributed by atoms with Gasteiger partial charge in [-0.15, -0.1) is 0 Å². The molecule has 5 nitrogen and oxygen atoms in total. The van der Waals surface area contributed by atoms with E-state index in [0.29, 0.717) is 5.69 Å². The molecule has 0 fully saturated rings. The first kappa shape index (κ1) is 19.0. The van der Waals surface area contributed by atoms with Crippen LogP contribution in [0.3, 0.4) is 0 Å². The molecule has 0 saturated heterocycles. The summed E-state index contributed by atoms with van der Waals surface area (Å²) in [5, 5.41) is 2.79. The molecule has 8 heteroatoms. The Kier molecular flexibility index (Phi) is 5.83. The summed E-state index contributed by atoms with van der Waals surface area (Å²) in [6.45, 7) is 1.93. The van der Waals surface area contributed by atoms with Gasteiger partial charge in [0.15, 0.2) is 5.13 Å². The second-order valence-electron chi connectivity index (χ2n) is 5.36. The van der Waals surface area contributed by atoms with Crippen molar-refractivity contribution >= 4 is 39.9 Å². The fourth-order valence-corrected chi connectivity index (χ4v) is 3.47. The highest BCUT2D eigenvalue weighted by molar-refractivity contribution is 7.18. The third-order valence-corrected chi connectivity index (χ3v) is 4.79. The Bertz CT molecular complexity index is 992. The van der Waals surface area contributed by atoms with Gasteiger partial charge < -0.3 is 4.74 Å². The smallest absolute Gasteiger partial charge is 0.350 e. The molecular formula is C19H14ClFN2O3S. The van der Waals surface area contributed by atoms with Gasteiger partial charge in [0.05, 0.1) is 22.9 Å². The number of aromatic nitrogens is 1. The van der Waals surface area contributed by atoms with E-state index in [-0.39, 0.29) is 27.2 Å². The van der Waals surface area contributed by atoms with Crippen molar-refractivity contribution in [2.75, 3.05) is 11.9 Å². The number of hydrogen-bond acceptors (Lipinski definition) is 5. The Morgan fingerprint density at radius 3 is 2.63 bits per heavy atom. The van der Waals surface area contributed by atoms with Crippen LogP contribution in [0.4, 0.5) is 9.52 Å². The zero-order chi connectivity index (χ0) is 19.4. The first-order valence-corrected chi connectivity index (χ1v) is 9.18.